The predicted octanol–water partition coefficient (Wildman–Crippen LogP) is 18.3. The first-order valence-corrected chi connectivity index (χ1v) is 69.3. The lowest BCUT2D eigenvalue weighted by Gasteiger charge is -2.47. The smallest absolute Gasteiger partial charge is 0.437 e. The lowest BCUT2D eigenvalue weighted by atomic mass is 10.0. The predicted molar refractivity (Wildman–Crippen MR) is 352 cm³/mol. The molecule has 1 aliphatic rings. The zero-order valence-corrected chi connectivity index (χ0v) is 69.6. The molecule has 1 heterocycles. The van der Waals surface area contributed by atoms with Crippen LogP contribution in [-0.2, 0) is 45.3 Å². The summed E-state index contributed by atoms with van der Waals surface area (Å²) >= 11 is 0. The van der Waals surface area contributed by atoms with Gasteiger partial charge < -0.3 is 45.3 Å². The summed E-state index contributed by atoms with van der Waals surface area (Å²) in [7, 11) is -26.4. The Kier molecular flexibility index (Phi) is 31.2. The first-order chi connectivity index (χ1) is 30.7. The van der Waals surface area contributed by atoms with E-state index in [1.165, 1.54) is 6.04 Å². The molecule has 0 aliphatic carbocycles. The highest BCUT2D eigenvalue weighted by Crippen LogP contribution is 2.36. The third-order valence-corrected chi connectivity index (χ3v) is 58.2. The van der Waals surface area contributed by atoms with Crippen molar-refractivity contribution in [2.24, 2.45) is 23.2 Å². The molecule has 0 aromatic carbocycles. The van der Waals surface area contributed by atoms with E-state index in [2.05, 4.69) is 259 Å². The highest BCUT2D eigenvalue weighted by molar-refractivity contribution is 6.94. The Balaban J connectivity index is -0.000000885. The molecule has 0 N–H and O–H groups in total. The Hall–Kier alpha value is 2.60. The van der Waals surface area contributed by atoms with Crippen LogP contribution in [0.25, 0.3) is 0 Å². The molecule has 0 radical (unpaired) electrons. The minimum Gasteiger partial charge on any atom is -0.437 e. The fourth-order valence-electron chi connectivity index (χ4n) is 10.1. The molecule has 72 heavy (non-hydrogen) atoms. The van der Waals surface area contributed by atoms with Gasteiger partial charge in [0.25, 0.3) is 0 Å². The normalized spacial score (nSPS) is 18.6. The number of hydrogen-bond acceptors (Lipinski definition) is 11. The van der Waals surface area contributed by atoms with Crippen LogP contribution in [0.4, 0.5) is 0 Å². The number of rotatable bonds is 21. The van der Waals surface area contributed by atoms with Gasteiger partial charge in [0.2, 0.25) is 0 Å². The van der Waals surface area contributed by atoms with Crippen molar-refractivity contribution in [2.45, 2.75) is 283 Å². The first kappa shape index (κ1) is 78.8. The summed E-state index contributed by atoms with van der Waals surface area (Å²) in [4.78, 5) is 0. The summed E-state index contributed by atoms with van der Waals surface area (Å²) in [5.74, 6) is 1.76. The van der Waals surface area contributed by atoms with Crippen LogP contribution in [0.5, 0.6) is 0 Å². The van der Waals surface area contributed by atoms with E-state index in [-0.39, 0.29) is 0 Å². The third-order valence-electron chi connectivity index (χ3n) is 8.58. The van der Waals surface area contributed by atoms with Gasteiger partial charge in [-0.3, -0.25) is 0 Å². The molecule has 0 aromatic heterocycles. The number of hydrogen-bond donors (Lipinski definition) is 0. The van der Waals surface area contributed by atoms with Crippen LogP contribution in [0.2, 0.25) is 221 Å². The Morgan fingerprint density at radius 3 is 0.875 bits per heavy atom. The topological polar surface area (TPSA) is 102 Å². The van der Waals surface area contributed by atoms with E-state index in [9.17, 15) is 0 Å². The summed E-state index contributed by atoms with van der Waals surface area (Å²) in [5, 5.41) is 0. The summed E-state index contributed by atoms with van der Waals surface area (Å²) in [5.41, 5.74) is 0.347. The molecule has 1 saturated heterocycles. The summed E-state index contributed by atoms with van der Waals surface area (Å²) < 4.78 is 70.9. The van der Waals surface area contributed by atoms with E-state index in [4.69, 9.17) is 45.3 Å². The molecule has 1 aliphatic heterocycles. The van der Waals surface area contributed by atoms with Crippen molar-refractivity contribution in [1.29, 1.82) is 0 Å². The van der Waals surface area contributed by atoms with Gasteiger partial charge in [0, 0.05) is 6.04 Å². The lowest BCUT2D eigenvalue weighted by Crippen LogP contribution is -2.65. The second kappa shape index (κ2) is 28.5. The molecule has 0 saturated carbocycles. The van der Waals surface area contributed by atoms with Crippen LogP contribution in [0.15, 0.2) is 0 Å². The van der Waals surface area contributed by atoms with E-state index in [1.807, 2.05) is 0 Å². The van der Waals surface area contributed by atoms with Crippen LogP contribution in [0.3, 0.4) is 0 Å². The Morgan fingerprint density at radius 2 is 0.639 bits per heavy atom. The average Bonchev–Trinajstić information content (AvgIpc) is 2.84. The monoisotopic (exact) mass is 1260 g/mol. The highest BCUT2D eigenvalue weighted by Gasteiger charge is 2.53. The Bertz CT molecular complexity index is 1450. The fourth-order valence-corrected chi connectivity index (χ4v) is 74.7. The van der Waals surface area contributed by atoms with Crippen molar-refractivity contribution in [3.05, 3.63) is 0 Å². The van der Waals surface area contributed by atoms with Gasteiger partial charge in [0.05, 0.1) is 0 Å². The van der Waals surface area contributed by atoms with Crippen molar-refractivity contribution >= 4 is 118 Å². The van der Waals surface area contributed by atoms with E-state index in [0.717, 1.165) is 18.1 Å². The minimum atomic E-state index is -2.58. The van der Waals surface area contributed by atoms with Crippen molar-refractivity contribution in [2.75, 3.05) is 0 Å². The molecule has 25 heteroatoms. The van der Waals surface area contributed by atoms with Crippen LogP contribution < -0.4 is 0 Å². The van der Waals surface area contributed by atoms with Gasteiger partial charge in [-0.2, -0.15) is 0 Å². The molecule has 0 unspecified atom stereocenters. The Morgan fingerprint density at radius 1 is 0.361 bits per heavy atom. The zero-order valence-electron chi connectivity index (χ0n) is 55.6. The third kappa shape index (κ3) is 46.4. The standard InChI is InChI=1S/C13H36O3Si4.C12H32O2Si3.C11H30O4Si4.C11H30O2Si3/c1-13(2)12-20(14-17(3,4)5,15-18(6,7)8)16-19(9,10)11;1-12(2,3)11-16(7,8)14-17(9,10)13-15(4,5)6;1-11(2)10-19(9)14-17(5,6)12-16(3,4)13-18(7,8)15-19;1-11(2)10-16(9,12-14(3,4)5)13-15(6,7)8/h13H,12H2,1-11H3;11H2,1-10H3;11H,10H2,1-9H3;11H,10H2,1-9H3. The van der Waals surface area contributed by atoms with Gasteiger partial charge in [-0.25, -0.2) is 0 Å². The summed E-state index contributed by atoms with van der Waals surface area (Å²) in [6, 6.07) is 4.23. The second-order valence-corrected chi connectivity index (χ2v) is 88.2. The van der Waals surface area contributed by atoms with Crippen molar-refractivity contribution < 1.29 is 45.3 Å². The highest BCUT2D eigenvalue weighted by atomic mass is 28.5. The molecule has 0 amide bonds. The zero-order chi connectivity index (χ0) is 58.8. The molecular formula is C47H128O11Si14. The molecule has 0 spiro atoms. The molecule has 438 valence electrons. The first-order valence-electron chi connectivity index (χ1n) is 27.4. The largest absolute Gasteiger partial charge is 0.469 e. The van der Waals surface area contributed by atoms with E-state index >= 15 is 0 Å². The average molecular weight is 1260 g/mol. The van der Waals surface area contributed by atoms with Crippen LogP contribution in [0, 0.1) is 23.2 Å². The maximum Gasteiger partial charge on any atom is 0.469 e. The quantitative estimate of drug-likeness (QED) is 0.103. The molecule has 11 nitrogen and oxygen atoms in total. The molecule has 1 rings (SSSR count). The molecule has 0 bridgehead atoms. The SMILES string of the molecule is CC(C)(C)C[Si](C)(C)O[Si](C)(C)O[Si](C)(C)C.CC(C)C[Si](C)(O[Si](C)(C)C)O[Si](C)(C)C.CC(C)C[Si](O[Si](C)(C)C)(O[Si](C)(C)C)O[Si](C)(C)C.CC(C)C[Si]1(C)O[Si](C)(C)O[Si](C)(C)O[Si](C)(C)O1. The summed E-state index contributed by atoms with van der Waals surface area (Å²) in [6.45, 7) is 86.7. The van der Waals surface area contributed by atoms with Crippen molar-refractivity contribution in [1.82, 2.24) is 0 Å². The summed E-state index contributed by atoms with van der Waals surface area (Å²) in [6.07, 6.45) is 0. The van der Waals surface area contributed by atoms with Gasteiger partial charge >= 0.3 is 60.2 Å². The van der Waals surface area contributed by atoms with Gasteiger partial charge in [-0.05, 0) is 238 Å². The van der Waals surface area contributed by atoms with Gasteiger partial charge in [-0.1, -0.05) is 62.3 Å². The molecule has 0 atom stereocenters. The Labute approximate surface area is 466 Å². The molecule has 0 aromatic rings. The maximum absolute atomic E-state index is 6.59. The van der Waals surface area contributed by atoms with Gasteiger partial charge in [0.1, 0.15) is 0 Å². The van der Waals surface area contributed by atoms with Crippen molar-refractivity contribution in [3.8, 4) is 0 Å². The van der Waals surface area contributed by atoms with E-state index in [1.54, 1.807) is 0 Å². The molecule has 1 fully saturated rings. The van der Waals surface area contributed by atoms with E-state index in [0.29, 0.717) is 23.2 Å². The fraction of sp³-hybridized carbons (Fsp3) is 1.00. The van der Waals surface area contributed by atoms with Gasteiger partial charge in [0.15, 0.2) is 58.2 Å². The van der Waals surface area contributed by atoms with Gasteiger partial charge in [-0.15, -0.1) is 0 Å². The maximum atomic E-state index is 6.59. The lowest BCUT2D eigenvalue weighted by molar-refractivity contribution is 0.231. The second-order valence-electron chi connectivity index (χ2n) is 31.6. The van der Waals surface area contributed by atoms with Crippen LogP contribution >= 0.6 is 0 Å². The van der Waals surface area contributed by atoms with Crippen LogP contribution in [-0.4, -0.2) is 118 Å². The van der Waals surface area contributed by atoms with E-state index < -0.39 is 118 Å². The van der Waals surface area contributed by atoms with Crippen LogP contribution in [0.1, 0.15) is 62.3 Å². The minimum absolute atomic E-state index is 0.347. The molecular weight excluding hydrogens is 1130 g/mol. The van der Waals surface area contributed by atoms with Crippen molar-refractivity contribution in [3.63, 3.8) is 0 Å².